The van der Waals surface area contributed by atoms with Crippen molar-refractivity contribution < 1.29 is 9.53 Å². The lowest BCUT2D eigenvalue weighted by atomic mass is 10.2. The number of hydrogen-bond donors (Lipinski definition) is 2. The molecule has 0 bridgehead atoms. The van der Waals surface area contributed by atoms with Crippen molar-refractivity contribution in [3.8, 4) is 5.75 Å². The van der Waals surface area contributed by atoms with Crippen LogP contribution in [0.25, 0.3) is 0 Å². The predicted molar refractivity (Wildman–Crippen MR) is 111 cm³/mol. The summed E-state index contributed by atoms with van der Waals surface area (Å²) >= 11 is 13.2. The Morgan fingerprint density at radius 2 is 2.11 bits per heavy atom. The van der Waals surface area contributed by atoms with Crippen molar-refractivity contribution in [2.75, 3.05) is 5.73 Å². The molecule has 0 aliphatic heterocycles. The molecule has 0 radical (unpaired) electrons. The molecule has 3 N–H and O–H groups in total. The van der Waals surface area contributed by atoms with Crippen molar-refractivity contribution in [1.82, 2.24) is 15.6 Å². The van der Waals surface area contributed by atoms with Gasteiger partial charge in [-0.05, 0) is 29.8 Å². The molecule has 0 unspecified atom stereocenters. The number of nitrogen functional groups attached to an aromatic ring is 1. The number of nitrogens with zero attached hydrogens (tertiary/aromatic N) is 3. The zero-order valence-electron chi connectivity index (χ0n) is 14.4. The summed E-state index contributed by atoms with van der Waals surface area (Å²) in [5.74, 6) is 0.336. The molecule has 1 heterocycles. The summed E-state index contributed by atoms with van der Waals surface area (Å²) in [7, 11) is 0. The molecule has 7 nitrogen and oxygen atoms in total. The molecule has 0 saturated carbocycles. The lowest BCUT2D eigenvalue weighted by Crippen LogP contribution is -2.19. The summed E-state index contributed by atoms with van der Waals surface area (Å²) in [6.45, 7) is 0.304. The number of nitrogens with two attached hydrogens (primary N) is 1. The van der Waals surface area contributed by atoms with Crippen LogP contribution >= 0.6 is 34.5 Å². The molecule has 0 atom stereocenters. The van der Waals surface area contributed by atoms with Gasteiger partial charge in [0.25, 0.3) is 0 Å². The maximum Gasteiger partial charge on any atom is 0.247 e. The minimum Gasteiger partial charge on any atom is -0.489 e. The maximum absolute atomic E-state index is 11.8. The van der Waals surface area contributed by atoms with E-state index in [0.717, 1.165) is 22.5 Å². The number of hydrazone groups is 1. The number of anilines is 1. The second kappa shape index (κ2) is 9.50. The Bertz CT molecular complexity index is 1010. The van der Waals surface area contributed by atoms with Crippen LogP contribution in [-0.2, 0) is 17.8 Å². The number of benzene rings is 2. The number of amides is 1. The summed E-state index contributed by atoms with van der Waals surface area (Å²) in [6.07, 6.45) is 1.59. The topological polar surface area (TPSA) is 102 Å². The van der Waals surface area contributed by atoms with Gasteiger partial charge in [-0.1, -0.05) is 52.7 Å². The third-order valence-corrected chi connectivity index (χ3v) is 4.80. The van der Waals surface area contributed by atoms with Gasteiger partial charge in [-0.2, -0.15) is 5.10 Å². The second-order valence-electron chi connectivity index (χ2n) is 5.60. The van der Waals surface area contributed by atoms with E-state index in [0.29, 0.717) is 32.5 Å². The van der Waals surface area contributed by atoms with Crippen LogP contribution < -0.4 is 15.9 Å². The Hall–Kier alpha value is -2.68. The fourth-order valence-electron chi connectivity index (χ4n) is 2.18. The molecular formula is C18H15Cl2N5O2S. The summed E-state index contributed by atoms with van der Waals surface area (Å²) in [6, 6.07) is 12.5. The molecular weight excluding hydrogens is 421 g/mol. The first-order valence-corrected chi connectivity index (χ1v) is 9.63. The average molecular weight is 436 g/mol. The van der Waals surface area contributed by atoms with Crippen molar-refractivity contribution in [3.05, 3.63) is 68.6 Å². The summed E-state index contributed by atoms with van der Waals surface area (Å²) in [5, 5.41) is 13.4. The molecule has 3 rings (SSSR count). The van der Waals surface area contributed by atoms with Crippen molar-refractivity contribution in [2.24, 2.45) is 5.10 Å². The first kappa shape index (κ1) is 20.1. The molecule has 28 heavy (non-hydrogen) atoms. The highest BCUT2D eigenvalue weighted by atomic mass is 35.5. The third-order valence-electron chi connectivity index (χ3n) is 3.46. The van der Waals surface area contributed by atoms with Gasteiger partial charge >= 0.3 is 0 Å². The fourth-order valence-corrected chi connectivity index (χ4v) is 3.25. The minimum absolute atomic E-state index is 0.0667. The highest BCUT2D eigenvalue weighted by Crippen LogP contribution is 2.23. The molecule has 3 aromatic rings. The molecule has 144 valence electrons. The number of nitrogens with one attached hydrogen (secondary N) is 1. The van der Waals surface area contributed by atoms with Crippen LogP contribution in [0.3, 0.4) is 0 Å². The van der Waals surface area contributed by atoms with Gasteiger partial charge < -0.3 is 10.5 Å². The zero-order valence-corrected chi connectivity index (χ0v) is 16.8. The Morgan fingerprint density at radius 3 is 2.86 bits per heavy atom. The Balaban J connectivity index is 1.53. The lowest BCUT2D eigenvalue weighted by Gasteiger charge is -2.08. The number of hydrogen-bond acceptors (Lipinski definition) is 7. The molecule has 2 aromatic carbocycles. The monoisotopic (exact) mass is 435 g/mol. The lowest BCUT2D eigenvalue weighted by molar-refractivity contribution is -0.120. The molecule has 1 aromatic heterocycles. The van der Waals surface area contributed by atoms with Gasteiger partial charge in [-0.15, -0.1) is 10.2 Å². The molecule has 0 aliphatic carbocycles. The van der Waals surface area contributed by atoms with E-state index in [2.05, 4.69) is 20.7 Å². The second-order valence-corrected chi connectivity index (χ2v) is 7.54. The first-order chi connectivity index (χ1) is 13.5. The molecule has 0 fully saturated rings. The van der Waals surface area contributed by atoms with E-state index in [4.69, 9.17) is 33.7 Å². The first-order valence-electron chi connectivity index (χ1n) is 8.06. The molecule has 0 saturated heterocycles. The SMILES string of the molecule is Nc1nnc(CC(=O)N/N=C\c2cccc(OCc3ccc(Cl)cc3Cl)c2)s1. The number of carbonyl (C=O) groups is 1. The van der Waals surface area contributed by atoms with Crippen molar-refractivity contribution in [3.63, 3.8) is 0 Å². The smallest absolute Gasteiger partial charge is 0.247 e. The van der Waals surface area contributed by atoms with Crippen molar-refractivity contribution >= 4 is 51.8 Å². The van der Waals surface area contributed by atoms with Crippen LogP contribution in [0.1, 0.15) is 16.1 Å². The number of halogens is 2. The quantitative estimate of drug-likeness (QED) is 0.434. The number of carbonyl (C=O) groups excluding carboxylic acids is 1. The van der Waals surface area contributed by atoms with E-state index < -0.39 is 0 Å². The Kier molecular flexibility index (Phi) is 6.80. The molecule has 10 heteroatoms. The number of ether oxygens (including phenoxy) is 1. The van der Waals surface area contributed by atoms with Crippen LogP contribution in [0.4, 0.5) is 5.13 Å². The minimum atomic E-state index is -0.308. The zero-order chi connectivity index (χ0) is 19.9. The molecule has 0 spiro atoms. The van der Waals surface area contributed by atoms with E-state index in [1.54, 1.807) is 18.2 Å². The Labute approximate surface area is 175 Å². The summed E-state index contributed by atoms with van der Waals surface area (Å²) in [5.41, 5.74) is 9.51. The number of aromatic nitrogens is 2. The van der Waals surface area contributed by atoms with E-state index >= 15 is 0 Å². The van der Waals surface area contributed by atoms with E-state index in [9.17, 15) is 4.79 Å². The van der Waals surface area contributed by atoms with Gasteiger partial charge in [0.05, 0.1) is 12.6 Å². The largest absolute Gasteiger partial charge is 0.489 e. The van der Waals surface area contributed by atoms with E-state index in [1.165, 1.54) is 6.21 Å². The van der Waals surface area contributed by atoms with Crippen LogP contribution in [-0.4, -0.2) is 22.3 Å². The van der Waals surface area contributed by atoms with Gasteiger partial charge in [-0.25, -0.2) is 5.43 Å². The standard InChI is InChI=1S/C18H15Cl2N5O2S/c19-13-5-4-12(15(20)7-13)10-27-14-3-1-2-11(6-14)9-22-23-16(26)8-17-24-25-18(21)28-17/h1-7,9H,8,10H2,(H2,21,25)(H,23,26)/b22-9-. The summed E-state index contributed by atoms with van der Waals surface area (Å²) in [4.78, 5) is 11.8. The van der Waals surface area contributed by atoms with Crippen molar-refractivity contribution in [1.29, 1.82) is 0 Å². The van der Waals surface area contributed by atoms with Gasteiger partial charge in [0.2, 0.25) is 11.0 Å². The highest BCUT2D eigenvalue weighted by Gasteiger charge is 2.07. The van der Waals surface area contributed by atoms with Gasteiger partial charge in [0.1, 0.15) is 17.4 Å². The normalized spacial score (nSPS) is 10.9. The van der Waals surface area contributed by atoms with Gasteiger partial charge in [0, 0.05) is 15.6 Å². The van der Waals surface area contributed by atoms with E-state index in [1.807, 2.05) is 24.3 Å². The number of rotatable bonds is 7. The predicted octanol–water partition coefficient (Wildman–Crippen LogP) is 3.70. The van der Waals surface area contributed by atoms with Crippen LogP contribution in [0.2, 0.25) is 10.0 Å². The van der Waals surface area contributed by atoms with E-state index in [-0.39, 0.29) is 12.3 Å². The molecule has 0 aliphatic rings. The fraction of sp³-hybridized carbons (Fsp3) is 0.111. The van der Waals surface area contributed by atoms with Gasteiger partial charge in [-0.3, -0.25) is 4.79 Å². The Morgan fingerprint density at radius 1 is 1.25 bits per heavy atom. The maximum atomic E-state index is 11.8. The van der Waals surface area contributed by atoms with Gasteiger partial charge in [0.15, 0.2) is 0 Å². The van der Waals surface area contributed by atoms with Crippen LogP contribution in [0.15, 0.2) is 47.6 Å². The summed E-state index contributed by atoms with van der Waals surface area (Å²) < 4.78 is 5.76. The third kappa shape index (κ3) is 5.91. The molecule has 1 amide bonds. The van der Waals surface area contributed by atoms with Crippen molar-refractivity contribution in [2.45, 2.75) is 13.0 Å². The van der Waals surface area contributed by atoms with Crippen LogP contribution in [0.5, 0.6) is 5.75 Å². The average Bonchev–Trinajstić information content (AvgIpc) is 3.06. The van der Waals surface area contributed by atoms with Crippen LogP contribution in [0, 0.1) is 0 Å². The highest BCUT2D eigenvalue weighted by molar-refractivity contribution is 7.15.